The number of phenolic OH excluding ortho intramolecular Hbond substituents is 1. The third-order valence-corrected chi connectivity index (χ3v) is 5.66. The highest BCUT2D eigenvalue weighted by Crippen LogP contribution is 2.26. The van der Waals surface area contributed by atoms with Crippen LogP contribution in [0.3, 0.4) is 0 Å². The number of carbonyl (C=O) groups is 2. The van der Waals surface area contributed by atoms with Gasteiger partial charge in [0.2, 0.25) is 5.91 Å². The molecule has 7 heteroatoms. The van der Waals surface area contributed by atoms with Crippen molar-refractivity contribution in [3.63, 3.8) is 0 Å². The molecule has 1 atom stereocenters. The number of aromatic nitrogens is 2. The maximum Gasteiger partial charge on any atom is 0.306 e. The molecule has 2 aromatic heterocycles. The fourth-order valence-electron chi connectivity index (χ4n) is 3.84. The maximum atomic E-state index is 12.8. The number of nitrogens with one attached hydrogen (secondary N) is 1. The van der Waals surface area contributed by atoms with E-state index in [4.69, 9.17) is 0 Å². The molecular formula is C27H25N3O4. The number of carboxylic acid groups (broad SMARTS) is 1. The molecule has 172 valence electrons. The van der Waals surface area contributed by atoms with Gasteiger partial charge < -0.3 is 20.1 Å². The predicted octanol–water partition coefficient (Wildman–Crippen LogP) is 4.30. The van der Waals surface area contributed by atoms with Gasteiger partial charge >= 0.3 is 5.97 Å². The first-order valence-corrected chi connectivity index (χ1v) is 11.0. The van der Waals surface area contributed by atoms with E-state index in [-0.39, 0.29) is 24.6 Å². The minimum Gasteiger partial charge on any atom is -0.508 e. The van der Waals surface area contributed by atoms with Crippen LogP contribution in [0.5, 0.6) is 5.75 Å². The molecule has 0 saturated carbocycles. The van der Waals surface area contributed by atoms with E-state index in [0.29, 0.717) is 6.42 Å². The Balaban J connectivity index is 1.46. The van der Waals surface area contributed by atoms with Crippen molar-refractivity contribution in [2.24, 2.45) is 0 Å². The van der Waals surface area contributed by atoms with Crippen LogP contribution >= 0.6 is 0 Å². The third-order valence-electron chi connectivity index (χ3n) is 5.66. The number of aromatic hydroxyl groups is 1. The maximum absolute atomic E-state index is 12.8. The van der Waals surface area contributed by atoms with E-state index in [1.165, 1.54) is 0 Å². The summed E-state index contributed by atoms with van der Waals surface area (Å²) in [4.78, 5) is 28.3. The minimum absolute atomic E-state index is 0.170. The molecule has 0 aliphatic rings. The summed E-state index contributed by atoms with van der Waals surface area (Å²) in [7, 11) is 0. The number of para-hydroxylation sites is 1. The largest absolute Gasteiger partial charge is 0.508 e. The Labute approximate surface area is 197 Å². The number of hydrogen-bond acceptors (Lipinski definition) is 4. The Kier molecular flexibility index (Phi) is 7.03. The summed E-state index contributed by atoms with van der Waals surface area (Å²) in [6.45, 7) is 0.289. The first kappa shape index (κ1) is 22.8. The molecule has 0 bridgehead atoms. The quantitative estimate of drug-likeness (QED) is 0.349. The van der Waals surface area contributed by atoms with Crippen molar-refractivity contribution in [2.75, 3.05) is 6.54 Å². The number of phenols is 1. The molecule has 4 aromatic rings. The second-order valence-electron chi connectivity index (χ2n) is 7.94. The molecule has 0 radical (unpaired) electrons. The first-order valence-electron chi connectivity index (χ1n) is 11.0. The van der Waals surface area contributed by atoms with Gasteiger partial charge in [-0.1, -0.05) is 42.5 Å². The summed E-state index contributed by atoms with van der Waals surface area (Å²) >= 11 is 0. The average Bonchev–Trinajstić information content (AvgIpc) is 3.34. The van der Waals surface area contributed by atoms with Gasteiger partial charge in [0.15, 0.2) is 0 Å². The molecule has 4 rings (SSSR count). The number of nitrogens with zero attached hydrogens (tertiary/aromatic N) is 2. The topological polar surface area (TPSA) is 104 Å². The number of rotatable bonds is 9. The van der Waals surface area contributed by atoms with Crippen molar-refractivity contribution in [3.05, 3.63) is 97.1 Å². The minimum atomic E-state index is -1.06. The summed E-state index contributed by atoms with van der Waals surface area (Å²) in [5, 5.41) is 22.0. The fraction of sp³-hybridized carbons (Fsp3) is 0.148. The molecule has 3 N–H and O–H groups in total. The second kappa shape index (κ2) is 10.5. The number of hydrogen-bond donors (Lipinski definition) is 3. The lowest BCUT2D eigenvalue weighted by Gasteiger charge is -2.17. The summed E-state index contributed by atoms with van der Waals surface area (Å²) in [6, 6.07) is 19.8. The average molecular weight is 456 g/mol. The lowest BCUT2D eigenvalue weighted by atomic mass is 10.0. The van der Waals surface area contributed by atoms with Gasteiger partial charge in [0, 0.05) is 31.3 Å². The van der Waals surface area contributed by atoms with Gasteiger partial charge in [0.05, 0.1) is 6.42 Å². The van der Waals surface area contributed by atoms with E-state index in [1.54, 1.807) is 47.6 Å². The van der Waals surface area contributed by atoms with E-state index in [2.05, 4.69) is 10.3 Å². The van der Waals surface area contributed by atoms with Crippen molar-refractivity contribution < 1.29 is 19.8 Å². The van der Waals surface area contributed by atoms with Crippen LogP contribution in [-0.4, -0.2) is 38.2 Å². The molecule has 0 spiro atoms. The normalized spacial score (nSPS) is 11.6. The number of carbonyl (C=O) groups excluding carboxylic acids is 1. The Morgan fingerprint density at radius 2 is 1.53 bits per heavy atom. The van der Waals surface area contributed by atoms with E-state index in [0.717, 1.165) is 27.8 Å². The van der Waals surface area contributed by atoms with Crippen LogP contribution < -0.4 is 5.32 Å². The van der Waals surface area contributed by atoms with Gasteiger partial charge in [-0.05, 0) is 58.5 Å². The van der Waals surface area contributed by atoms with Gasteiger partial charge in [-0.15, -0.1) is 0 Å². The van der Waals surface area contributed by atoms with E-state index in [9.17, 15) is 19.8 Å². The van der Waals surface area contributed by atoms with E-state index >= 15 is 0 Å². The van der Waals surface area contributed by atoms with Crippen LogP contribution in [0.15, 0.2) is 91.5 Å². The van der Waals surface area contributed by atoms with Gasteiger partial charge in [-0.2, -0.15) is 0 Å². The van der Waals surface area contributed by atoms with Crippen molar-refractivity contribution in [1.82, 2.24) is 14.9 Å². The van der Waals surface area contributed by atoms with Crippen LogP contribution in [0.4, 0.5) is 0 Å². The molecule has 2 aromatic carbocycles. The smallest absolute Gasteiger partial charge is 0.306 e. The molecule has 0 saturated heterocycles. The highest BCUT2D eigenvalue weighted by molar-refractivity contribution is 5.85. The highest BCUT2D eigenvalue weighted by Gasteiger charge is 2.23. The summed E-state index contributed by atoms with van der Waals surface area (Å²) < 4.78 is 1.63. The Bertz CT molecular complexity index is 1270. The van der Waals surface area contributed by atoms with Crippen LogP contribution in [0.2, 0.25) is 0 Å². The van der Waals surface area contributed by atoms with Gasteiger partial charge in [0.1, 0.15) is 11.8 Å². The van der Waals surface area contributed by atoms with E-state index < -0.39 is 12.0 Å². The lowest BCUT2D eigenvalue weighted by Crippen LogP contribution is -2.34. The first-order chi connectivity index (χ1) is 16.5. The summed E-state index contributed by atoms with van der Waals surface area (Å²) in [5.41, 5.74) is 4.71. The number of carboxylic acids is 1. The fourth-order valence-corrected chi connectivity index (χ4v) is 3.84. The monoisotopic (exact) mass is 455 g/mol. The Morgan fingerprint density at radius 3 is 2.21 bits per heavy atom. The van der Waals surface area contributed by atoms with Crippen molar-refractivity contribution in [3.8, 4) is 28.0 Å². The highest BCUT2D eigenvalue weighted by atomic mass is 16.4. The molecule has 0 aliphatic carbocycles. The molecule has 0 fully saturated rings. The second-order valence-corrected chi connectivity index (χ2v) is 7.94. The Morgan fingerprint density at radius 1 is 0.882 bits per heavy atom. The van der Waals surface area contributed by atoms with Crippen molar-refractivity contribution in [2.45, 2.75) is 18.9 Å². The van der Waals surface area contributed by atoms with Crippen LogP contribution in [0, 0.1) is 0 Å². The molecule has 0 unspecified atom stereocenters. The van der Waals surface area contributed by atoms with Crippen LogP contribution in [0.25, 0.3) is 22.3 Å². The zero-order chi connectivity index (χ0) is 23.9. The molecule has 7 nitrogen and oxygen atoms in total. The Hall–Kier alpha value is -4.39. The zero-order valence-electron chi connectivity index (χ0n) is 18.5. The molecule has 1 amide bonds. The van der Waals surface area contributed by atoms with Crippen LogP contribution in [0.1, 0.15) is 18.0 Å². The number of benzene rings is 2. The van der Waals surface area contributed by atoms with Crippen molar-refractivity contribution >= 4 is 11.9 Å². The number of pyridine rings is 1. The van der Waals surface area contributed by atoms with Gasteiger partial charge in [0.25, 0.3) is 0 Å². The molecule has 34 heavy (non-hydrogen) atoms. The van der Waals surface area contributed by atoms with Gasteiger partial charge in [-0.25, -0.2) is 0 Å². The third kappa shape index (κ3) is 5.50. The molecule has 2 heterocycles. The summed E-state index contributed by atoms with van der Waals surface area (Å²) in [6.07, 6.45) is 7.12. The van der Waals surface area contributed by atoms with Gasteiger partial charge in [-0.3, -0.25) is 14.6 Å². The number of amides is 1. The lowest BCUT2D eigenvalue weighted by molar-refractivity contribution is -0.140. The standard InChI is InChI=1S/C27H25N3O4/c31-25-4-2-1-3-22(25)11-15-29-27(34)24(17-26(32)33)30-16-12-23(18-30)20-7-5-19(6-8-20)21-9-13-28-14-10-21/h1-10,12-14,16,18,24,31H,11,15,17H2,(H,29,34)(H,32,33)/t24-/m1/s1. The van der Waals surface area contributed by atoms with E-state index in [1.807, 2.05) is 48.5 Å². The number of aliphatic carboxylic acids is 1. The predicted molar refractivity (Wildman–Crippen MR) is 129 cm³/mol. The SMILES string of the molecule is O=C(O)C[C@H](C(=O)NCCc1ccccc1O)n1ccc(-c2ccc(-c3ccncc3)cc2)c1. The molecule has 0 aliphatic heterocycles. The van der Waals surface area contributed by atoms with Crippen LogP contribution in [-0.2, 0) is 16.0 Å². The van der Waals surface area contributed by atoms with Crippen molar-refractivity contribution in [1.29, 1.82) is 0 Å². The zero-order valence-corrected chi connectivity index (χ0v) is 18.5. The summed E-state index contributed by atoms with van der Waals surface area (Å²) in [5.74, 6) is -1.27. The molecular weight excluding hydrogens is 430 g/mol.